The number of carbonyl (C=O) groups excluding carboxylic acids is 1. The highest BCUT2D eigenvalue weighted by Gasteiger charge is 2.19. The molecule has 3 aromatic heterocycles. The van der Waals surface area contributed by atoms with E-state index in [9.17, 15) is 4.79 Å². The second-order valence-electron chi connectivity index (χ2n) is 7.61. The summed E-state index contributed by atoms with van der Waals surface area (Å²) in [6, 6.07) is 14.4. The highest BCUT2D eigenvalue weighted by atomic mass is 32.1. The number of pyridine rings is 1. The fraction of sp³-hybridized carbons (Fsp3) is 0.261. The maximum absolute atomic E-state index is 12.9. The average molecular weight is 418 g/mol. The van der Waals surface area contributed by atoms with Crippen LogP contribution in [0.5, 0.6) is 0 Å². The molecule has 0 spiro atoms. The van der Waals surface area contributed by atoms with Crippen LogP contribution in [0.25, 0.3) is 15.9 Å². The van der Waals surface area contributed by atoms with E-state index in [-0.39, 0.29) is 11.9 Å². The minimum Gasteiger partial charge on any atom is -0.347 e. The van der Waals surface area contributed by atoms with E-state index < -0.39 is 0 Å². The van der Waals surface area contributed by atoms with Gasteiger partial charge in [-0.2, -0.15) is 5.10 Å². The number of benzene rings is 1. The molecular formula is C23H23N5OS. The van der Waals surface area contributed by atoms with Crippen molar-refractivity contribution in [2.24, 2.45) is 0 Å². The van der Waals surface area contributed by atoms with Gasteiger partial charge in [0.25, 0.3) is 5.91 Å². The molecule has 152 valence electrons. The van der Waals surface area contributed by atoms with E-state index in [4.69, 9.17) is 0 Å². The van der Waals surface area contributed by atoms with Gasteiger partial charge in [-0.1, -0.05) is 12.1 Å². The number of nitrogens with one attached hydrogen (secondary N) is 2. The van der Waals surface area contributed by atoms with E-state index >= 15 is 0 Å². The van der Waals surface area contributed by atoms with E-state index in [1.807, 2.05) is 34.5 Å². The standard InChI is InChI=1S/C23H23N5OS/c29-23(26-18-3-1-9-24-15-18)21-14-17(22-20(27-21)8-12-30-22)13-16-4-6-19(7-5-16)28-11-2-10-25-28/h2,4-8,10-12,14,18,24H,1,3,9,13,15H2,(H,26,29)/t18-/m0/s1. The predicted octanol–water partition coefficient (Wildman–Crippen LogP) is 3.55. The number of amides is 1. The molecule has 0 unspecified atom stereocenters. The summed E-state index contributed by atoms with van der Waals surface area (Å²) in [7, 11) is 0. The zero-order valence-electron chi connectivity index (χ0n) is 16.5. The highest BCUT2D eigenvalue weighted by molar-refractivity contribution is 7.17. The van der Waals surface area contributed by atoms with Crippen molar-refractivity contribution in [2.45, 2.75) is 25.3 Å². The van der Waals surface area contributed by atoms with Crippen LogP contribution < -0.4 is 10.6 Å². The van der Waals surface area contributed by atoms with Gasteiger partial charge in [0.2, 0.25) is 0 Å². The Kier molecular flexibility index (Phi) is 5.29. The second-order valence-corrected chi connectivity index (χ2v) is 8.53. The minimum atomic E-state index is -0.0907. The molecule has 5 rings (SSSR count). The molecule has 1 saturated heterocycles. The first kappa shape index (κ1) is 19.0. The zero-order valence-corrected chi connectivity index (χ0v) is 17.4. The molecule has 0 bridgehead atoms. The normalized spacial score (nSPS) is 16.6. The molecule has 1 aliphatic heterocycles. The van der Waals surface area contributed by atoms with E-state index in [0.29, 0.717) is 5.69 Å². The van der Waals surface area contributed by atoms with Crippen molar-refractivity contribution in [3.63, 3.8) is 0 Å². The predicted molar refractivity (Wildman–Crippen MR) is 119 cm³/mol. The van der Waals surface area contributed by atoms with Crippen molar-refractivity contribution in [3.05, 3.63) is 77.1 Å². The van der Waals surface area contributed by atoms with Crippen molar-refractivity contribution in [1.82, 2.24) is 25.4 Å². The van der Waals surface area contributed by atoms with Crippen LogP contribution in [0, 0.1) is 0 Å². The molecule has 0 aliphatic carbocycles. The van der Waals surface area contributed by atoms with Crippen LogP contribution in [-0.4, -0.2) is 39.8 Å². The quantitative estimate of drug-likeness (QED) is 0.521. The number of thiophene rings is 1. The lowest BCUT2D eigenvalue weighted by Gasteiger charge is -2.23. The van der Waals surface area contributed by atoms with Gasteiger partial charge in [0.05, 0.1) is 15.9 Å². The smallest absolute Gasteiger partial charge is 0.270 e. The number of hydrogen-bond acceptors (Lipinski definition) is 5. The Morgan fingerprint density at radius 3 is 2.93 bits per heavy atom. The first-order valence-electron chi connectivity index (χ1n) is 10.2. The van der Waals surface area contributed by atoms with Crippen LogP contribution >= 0.6 is 11.3 Å². The van der Waals surface area contributed by atoms with E-state index in [2.05, 4.69) is 45.0 Å². The van der Waals surface area contributed by atoms with Gasteiger partial charge in [-0.3, -0.25) is 4.79 Å². The van der Waals surface area contributed by atoms with Gasteiger partial charge in [0.1, 0.15) is 5.69 Å². The lowest BCUT2D eigenvalue weighted by Crippen LogP contribution is -2.45. The number of carbonyl (C=O) groups is 1. The van der Waals surface area contributed by atoms with Crippen LogP contribution in [0.15, 0.2) is 60.2 Å². The topological polar surface area (TPSA) is 71.8 Å². The molecule has 30 heavy (non-hydrogen) atoms. The number of piperidine rings is 1. The van der Waals surface area contributed by atoms with Crippen LogP contribution in [-0.2, 0) is 6.42 Å². The molecule has 2 N–H and O–H groups in total. The van der Waals surface area contributed by atoms with Crippen molar-refractivity contribution >= 4 is 27.5 Å². The van der Waals surface area contributed by atoms with Crippen molar-refractivity contribution in [2.75, 3.05) is 13.1 Å². The van der Waals surface area contributed by atoms with Gasteiger partial charge in [-0.15, -0.1) is 11.3 Å². The summed E-state index contributed by atoms with van der Waals surface area (Å²) in [6.07, 6.45) is 6.55. The lowest BCUT2D eigenvalue weighted by atomic mass is 10.0. The van der Waals surface area contributed by atoms with Gasteiger partial charge < -0.3 is 10.6 Å². The molecule has 1 amide bonds. The zero-order chi connectivity index (χ0) is 20.3. The summed E-state index contributed by atoms with van der Waals surface area (Å²) in [5.74, 6) is -0.0907. The number of fused-ring (bicyclic) bond motifs is 1. The lowest BCUT2D eigenvalue weighted by molar-refractivity contribution is 0.0926. The van der Waals surface area contributed by atoms with E-state index in [1.54, 1.807) is 17.5 Å². The van der Waals surface area contributed by atoms with E-state index in [0.717, 1.165) is 53.8 Å². The molecule has 1 aliphatic rings. The first-order valence-corrected chi connectivity index (χ1v) is 11.1. The largest absolute Gasteiger partial charge is 0.347 e. The molecule has 1 aromatic carbocycles. The summed E-state index contributed by atoms with van der Waals surface area (Å²) in [6.45, 7) is 1.84. The maximum Gasteiger partial charge on any atom is 0.270 e. The fourth-order valence-electron chi connectivity index (χ4n) is 3.91. The first-order chi connectivity index (χ1) is 14.8. The third-order valence-electron chi connectivity index (χ3n) is 5.45. The summed E-state index contributed by atoms with van der Waals surface area (Å²) in [5, 5.41) is 12.8. The Balaban J connectivity index is 1.39. The van der Waals surface area contributed by atoms with E-state index in [1.165, 1.54) is 5.56 Å². The summed E-state index contributed by atoms with van der Waals surface area (Å²) in [4.78, 5) is 17.5. The molecule has 7 heteroatoms. The van der Waals surface area contributed by atoms with Gasteiger partial charge in [-0.05, 0) is 72.6 Å². The van der Waals surface area contributed by atoms with Crippen LogP contribution in [0.4, 0.5) is 0 Å². The molecule has 6 nitrogen and oxygen atoms in total. The molecule has 4 aromatic rings. The monoisotopic (exact) mass is 417 g/mol. The Bertz CT molecular complexity index is 1140. The Morgan fingerprint density at radius 1 is 1.27 bits per heavy atom. The fourth-order valence-corrected chi connectivity index (χ4v) is 4.76. The van der Waals surface area contributed by atoms with Crippen LogP contribution in [0.1, 0.15) is 34.5 Å². The van der Waals surface area contributed by atoms with Crippen molar-refractivity contribution in [3.8, 4) is 5.69 Å². The van der Waals surface area contributed by atoms with Crippen LogP contribution in [0.2, 0.25) is 0 Å². The summed E-state index contributed by atoms with van der Waals surface area (Å²) < 4.78 is 2.98. The summed E-state index contributed by atoms with van der Waals surface area (Å²) >= 11 is 1.67. The highest BCUT2D eigenvalue weighted by Crippen LogP contribution is 2.27. The minimum absolute atomic E-state index is 0.0907. The molecule has 1 fully saturated rings. The van der Waals surface area contributed by atoms with Crippen molar-refractivity contribution < 1.29 is 4.79 Å². The molecule has 1 atom stereocenters. The van der Waals surface area contributed by atoms with Crippen LogP contribution in [0.3, 0.4) is 0 Å². The molecule has 4 heterocycles. The van der Waals surface area contributed by atoms with Gasteiger partial charge >= 0.3 is 0 Å². The second kappa shape index (κ2) is 8.38. The van der Waals surface area contributed by atoms with Gasteiger partial charge in [-0.25, -0.2) is 9.67 Å². The average Bonchev–Trinajstić information content (AvgIpc) is 3.47. The summed E-state index contributed by atoms with van der Waals surface area (Å²) in [5.41, 5.74) is 4.73. The van der Waals surface area contributed by atoms with Gasteiger partial charge in [0.15, 0.2) is 0 Å². The number of nitrogens with zero attached hydrogens (tertiary/aromatic N) is 3. The molecule has 0 radical (unpaired) electrons. The third kappa shape index (κ3) is 3.99. The van der Waals surface area contributed by atoms with Gasteiger partial charge in [0, 0.05) is 25.0 Å². The van der Waals surface area contributed by atoms with Crippen molar-refractivity contribution in [1.29, 1.82) is 0 Å². The number of hydrogen-bond donors (Lipinski definition) is 2. The maximum atomic E-state index is 12.9. The number of rotatable bonds is 5. The Hall–Kier alpha value is -3.03. The Labute approximate surface area is 179 Å². The third-order valence-corrected chi connectivity index (χ3v) is 6.43. The Morgan fingerprint density at radius 2 is 2.17 bits per heavy atom. The molecular weight excluding hydrogens is 394 g/mol. The SMILES string of the molecule is O=C(N[C@H]1CCCNC1)c1cc(Cc2ccc(-n3cccn3)cc2)c2sccc2n1. The number of aromatic nitrogens is 3. The molecule has 0 saturated carbocycles.